The average molecular weight is 382 g/mol. The summed E-state index contributed by atoms with van der Waals surface area (Å²) in [7, 11) is 0. The van der Waals surface area contributed by atoms with Gasteiger partial charge in [-0.05, 0) is 40.6 Å². The summed E-state index contributed by atoms with van der Waals surface area (Å²) >= 11 is 3.37. The molecule has 0 unspecified atom stereocenters. The molecule has 0 spiro atoms. The van der Waals surface area contributed by atoms with Gasteiger partial charge in [-0.1, -0.05) is 58.4 Å². The predicted molar refractivity (Wildman–Crippen MR) is 102 cm³/mol. The Morgan fingerprint density at radius 2 is 1.75 bits per heavy atom. The van der Waals surface area contributed by atoms with Crippen LogP contribution in [0.3, 0.4) is 0 Å². The molecule has 0 heterocycles. The van der Waals surface area contributed by atoms with Crippen molar-refractivity contribution in [3.05, 3.63) is 76.8 Å². The van der Waals surface area contributed by atoms with Gasteiger partial charge in [0.25, 0.3) is 5.91 Å². The third-order valence-corrected chi connectivity index (χ3v) is 4.00. The fraction of sp³-hybridized carbons (Fsp3) is 0.0526. The highest BCUT2D eigenvalue weighted by molar-refractivity contribution is 9.10. The first-order valence-corrected chi connectivity index (χ1v) is 8.30. The zero-order valence-corrected chi connectivity index (χ0v) is 14.5. The van der Waals surface area contributed by atoms with Crippen LogP contribution in [0.4, 0.5) is 5.69 Å². The molecule has 2 N–H and O–H groups in total. The molecule has 0 radical (unpaired) electrons. The summed E-state index contributed by atoms with van der Waals surface area (Å²) in [5, 5.41) is 9.36. The molecule has 3 rings (SSSR count). The Kier molecular flexibility index (Phi) is 5.23. The van der Waals surface area contributed by atoms with Gasteiger partial charge in [0.05, 0.1) is 12.8 Å². The van der Waals surface area contributed by atoms with E-state index in [-0.39, 0.29) is 12.5 Å². The molecule has 120 valence electrons. The molecule has 0 aliphatic heterocycles. The monoisotopic (exact) mass is 381 g/mol. The number of hydrogen-bond acceptors (Lipinski definition) is 3. The number of hydrogen-bond donors (Lipinski definition) is 2. The van der Waals surface area contributed by atoms with Crippen LogP contribution in [0.25, 0.3) is 10.8 Å². The SMILES string of the molecule is O=C(CNc1ccc2ccccc2c1)NN=Cc1ccc(Br)cc1. The third kappa shape index (κ3) is 4.43. The molecule has 5 heteroatoms. The van der Waals surface area contributed by atoms with E-state index in [1.807, 2.05) is 60.7 Å². The van der Waals surface area contributed by atoms with Gasteiger partial charge in [0.1, 0.15) is 0 Å². The lowest BCUT2D eigenvalue weighted by Crippen LogP contribution is -2.25. The molecular formula is C19H16BrN3O. The molecule has 0 bridgehead atoms. The molecule has 3 aromatic carbocycles. The van der Waals surface area contributed by atoms with Crippen molar-refractivity contribution in [1.29, 1.82) is 0 Å². The minimum absolute atomic E-state index is 0.163. The summed E-state index contributed by atoms with van der Waals surface area (Å²) in [5.74, 6) is -0.198. The van der Waals surface area contributed by atoms with Crippen molar-refractivity contribution < 1.29 is 4.79 Å². The van der Waals surface area contributed by atoms with E-state index >= 15 is 0 Å². The Balaban J connectivity index is 1.52. The smallest absolute Gasteiger partial charge is 0.259 e. The molecule has 1 amide bonds. The fourth-order valence-electron chi connectivity index (χ4n) is 2.25. The van der Waals surface area contributed by atoms with E-state index in [4.69, 9.17) is 0 Å². The van der Waals surface area contributed by atoms with Gasteiger partial charge in [0.15, 0.2) is 0 Å². The van der Waals surface area contributed by atoms with Gasteiger partial charge >= 0.3 is 0 Å². The van der Waals surface area contributed by atoms with Crippen molar-refractivity contribution in [1.82, 2.24) is 5.43 Å². The van der Waals surface area contributed by atoms with Crippen LogP contribution in [0.5, 0.6) is 0 Å². The number of halogens is 1. The first-order valence-electron chi connectivity index (χ1n) is 7.51. The average Bonchev–Trinajstić information content (AvgIpc) is 2.61. The zero-order valence-electron chi connectivity index (χ0n) is 12.9. The molecule has 0 aliphatic rings. The number of carbonyl (C=O) groups is 1. The van der Waals surface area contributed by atoms with E-state index in [0.717, 1.165) is 21.1 Å². The zero-order chi connectivity index (χ0) is 16.8. The van der Waals surface area contributed by atoms with Crippen molar-refractivity contribution in [3.63, 3.8) is 0 Å². The molecule has 4 nitrogen and oxygen atoms in total. The number of carbonyl (C=O) groups excluding carboxylic acids is 1. The Morgan fingerprint density at radius 3 is 2.54 bits per heavy atom. The van der Waals surface area contributed by atoms with Gasteiger partial charge in [-0.3, -0.25) is 4.79 Å². The van der Waals surface area contributed by atoms with Gasteiger partial charge in [-0.2, -0.15) is 5.10 Å². The van der Waals surface area contributed by atoms with E-state index in [1.54, 1.807) is 6.21 Å². The Morgan fingerprint density at radius 1 is 1.00 bits per heavy atom. The lowest BCUT2D eigenvalue weighted by Gasteiger charge is -2.06. The largest absolute Gasteiger partial charge is 0.376 e. The van der Waals surface area contributed by atoms with Crippen LogP contribution in [0, 0.1) is 0 Å². The maximum Gasteiger partial charge on any atom is 0.259 e. The molecule has 0 atom stereocenters. The second-order valence-electron chi connectivity index (χ2n) is 5.26. The topological polar surface area (TPSA) is 53.5 Å². The number of amides is 1. The standard InChI is InChI=1S/C19H16BrN3O/c20-17-8-5-14(6-9-17)12-22-23-19(24)13-21-18-10-7-15-3-1-2-4-16(15)11-18/h1-12,21H,13H2,(H,23,24). The summed E-state index contributed by atoms with van der Waals surface area (Å²) in [6.45, 7) is 0.163. The van der Waals surface area contributed by atoms with Crippen molar-refractivity contribution in [2.75, 3.05) is 11.9 Å². The summed E-state index contributed by atoms with van der Waals surface area (Å²) in [5.41, 5.74) is 4.33. The quantitative estimate of drug-likeness (QED) is 0.514. The van der Waals surface area contributed by atoms with Gasteiger partial charge in [0, 0.05) is 10.2 Å². The minimum Gasteiger partial charge on any atom is -0.376 e. The van der Waals surface area contributed by atoms with Crippen molar-refractivity contribution in [3.8, 4) is 0 Å². The normalized spacial score (nSPS) is 10.9. The van der Waals surface area contributed by atoms with E-state index in [9.17, 15) is 4.79 Å². The molecule has 0 aliphatic carbocycles. The van der Waals surface area contributed by atoms with Crippen LogP contribution in [0.15, 0.2) is 76.3 Å². The Bertz CT molecular complexity index is 875. The van der Waals surface area contributed by atoms with Gasteiger partial charge < -0.3 is 5.32 Å². The van der Waals surface area contributed by atoms with Crippen LogP contribution >= 0.6 is 15.9 Å². The highest BCUT2D eigenvalue weighted by Crippen LogP contribution is 2.18. The van der Waals surface area contributed by atoms with E-state index in [2.05, 4.69) is 37.8 Å². The molecule has 0 aromatic heterocycles. The maximum absolute atomic E-state index is 11.8. The fourth-order valence-corrected chi connectivity index (χ4v) is 2.51. The van der Waals surface area contributed by atoms with Gasteiger partial charge in [-0.25, -0.2) is 5.43 Å². The van der Waals surface area contributed by atoms with Crippen molar-refractivity contribution in [2.24, 2.45) is 5.10 Å². The maximum atomic E-state index is 11.8. The van der Waals surface area contributed by atoms with Crippen LogP contribution in [0.1, 0.15) is 5.56 Å². The molecule has 24 heavy (non-hydrogen) atoms. The third-order valence-electron chi connectivity index (χ3n) is 3.48. The van der Waals surface area contributed by atoms with Crippen LogP contribution in [-0.4, -0.2) is 18.7 Å². The van der Waals surface area contributed by atoms with Crippen molar-refractivity contribution in [2.45, 2.75) is 0 Å². The van der Waals surface area contributed by atoms with E-state index in [1.165, 1.54) is 5.39 Å². The van der Waals surface area contributed by atoms with Crippen LogP contribution in [-0.2, 0) is 4.79 Å². The van der Waals surface area contributed by atoms with E-state index in [0.29, 0.717) is 0 Å². The first-order chi connectivity index (χ1) is 11.7. The Hall–Kier alpha value is -2.66. The number of rotatable bonds is 5. The number of benzene rings is 3. The summed E-state index contributed by atoms with van der Waals surface area (Å²) in [4.78, 5) is 11.8. The first kappa shape index (κ1) is 16.2. The lowest BCUT2D eigenvalue weighted by atomic mass is 10.1. The molecular weight excluding hydrogens is 366 g/mol. The summed E-state index contributed by atoms with van der Waals surface area (Å²) in [6.07, 6.45) is 1.61. The van der Waals surface area contributed by atoms with Crippen LogP contribution in [0.2, 0.25) is 0 Å². The lowest BCUT2D eigenvalue weighted by molar-refractivity contribution is -0.119. The Labute approximate surface area is 148 Å². The summed E-state index contributed by atoms with van der Waals surface area (Å²) in [6, 6.07) is 21.8. The van der Waals surface area contributed by atoms with Gasteiger partial charge in [-0.15, -0.1) is 0 Å². The number of fused-ring (bicyclic) bond motifs is 1. The van der Waals surface area contributed by atoms with E-state index < -0.39 is 0 Å². The van der Waals surface area contributed by atoms with Crippen molar-refractivity contribution >= 4 is 44.5 Å². The molecule has 3 aromatic rings. The highest BCUT2D eigenvalue weighted by Gasteiger charge is 2.00. The molecule has 0 saturated carbocycles. The number of nitrogens with one attached hydrogen (secondary N) is 2. The minimum atomic E-state index is -0.198. The van der Waals surface area contributed by atoms with Crippen LogP contribution < -0.4 is 10.7 Å². The second-order valence-corrected chi connectivity index (χ2v) is 6.18. The number of nitrogens with zero attached hydrogens (tertiary/aromatic N) is 1. The summed E-state index contributed by atoms with van der Waals surface area (Å²) < 4.78 is 1.00. The predicted octanol–water partition coefficient (Wildman–Crippen LogP) is 4.16. The highest BCUT2D eigenvalue weighted by atomic mass is 79.9. The van der Waals surface area contributed by atoms with Gasteiger partial charge in [0.2, 0.25) is 0 Å². The number of anilines is 1. The number of hydrazone groups is 1. The second kappa shape index (κ2) is 7.75. The molecule has 0 fully saturated rings. The molecule has 0 saturated heterocycles.